The molecule has 2 aliphatic carbocycles. The molecule has 0 bridgehead atoms. The molecule has 5 nitrogen and oxygen atoms in total. The van der Waals surface area contributed by atoms with E-state index in [0.29, 0.717) is 17.4 Å². The van der Waals surface area contributed by atoms with Crippen molar-refractivity contribution in [2.75, 3.05) is 23.3 Å². The fraction of sp³-hybridized carbons (Fsp3) is 0.789. The third-order valence-electron chi connectivity index (χ3n) is 6.76. The molecule has 1 aromatic heterocycles. The van der Waals surface area contributed by atoms with E-state index >= 15 is 0 Å². The van der Waals surface area contributed by atoms with Crippen molar-refractivity contribution in [3.8, 4) is 0 Å². The van der Waals surface area contributed by atoms with E-state index < -0.39 is 0 Å². The van der Waals surface area contributed by atoms with Crippen molar-refractivity contribution in [3.63, 3.8) is 0 Å². The molecule has 132 valence electrons. The van der Waals surface area contributed by atoms with Gasteiger partial charge in [0.1, 0.15) is 5.82 Å². The number of aromatic nitrogens is 2. The van der Waals surface area contributed by atoms with Crippen molar-refractivity contribution in [2.45, 2.75) is 58.5 Å². The van der Waals surface area contributed by atoms with Gasteiger partial charge in [0.25, 0.3) is 0 Å². The molecule has 4 unspecified atom stereocenters. The van der Waals surface area contributed by atoms with Gasteiger partial charge in [-0.25, -0.2) is 4.98 Å². The van der Waals surface area contributed by atoms with Crippen LogP contribution in [0, 0.1) is 23.2 Å². The quantitative estimate of drug-likeness (QED) is 0.892. The topological polar surface area (TPSA) is 67.1 Å². The molecule has 5 heteroatoms. The van der Waals surface area contributed by atoms with Gasteiger partial charge in [0, 0.05) is 31.4 Å². The largest absolute Gasteiger partial charge is 0.355 e. The van der Waals surface area contributed by atoms with E-state index in [4.69, 9.17) is 10.7 Å². The van der Waals surface area contributed by atoms with Crippen LogP contribution in [-0.4, -0.2) is 35.1 Å². The van der Waals surface area contributed by atoms with E-state index in [1.165, 1.54) is 19.3 Å². The second-order valence-corrected chi connectivity index (χ2v) is 8.88. The lowest BCUT2D eigenvalue weighted by molar-refractivity contribution is 0.275. The summed E-state index contributed by atoms with van der Waals surface area (Å²) in [6.45, 7) is 9.19. The molecule has 3 fully saturated rings. The van der Waals surface area contributed by atoms with Crippen molar-refractivity contribution in [1.29, 1.82) is 0 Å². The second kappa shape index (κ2) is 5.87. The van der Waals surface area contributed by atoms with E-state index in [2.05, 4.69) is 36.0 Å². The first-order valence-corrected chi connectivity index (χ1v) is 9.54. The smallest absolute Gasteiger partial charge is 0.224 e. The summed E-state index contributed by atoms with van der Waals surface area (Å²) in [5, 5.41) is 3.66. The highest BCUT2D eigenvalue weighted by molar-refractivity contribution is 5.44. The number of hydrogen-bond acceptors (Lipinski definition) is 5. The first-order valence-electron chi connectivity index (χ1n) is 9.54. The van der Waals surface area contributed by atoms with E-state index in [0.717, 1.165) is 43.1 Å². The number of rotatable bonds is 3. The van der Waals surface area contributed by atoms with Gasteiger partial charge < -0.3 is 16.0 Å². The zero-order valence-corrected chi connectivity index (χ0v) is 15.2. The summed E-state index contributed by atoms with van der Waals surface area (Å²) in [5.74, 6) is 4.27. The Hall–Kier alpha value is -1.36. The Kier molecular flexibility index (Phi) is 3.94. The molecule has 4 rings (SSSR count). The summed E-state index contributed by atoms with van der Waals surface area (Å²) >= 11 is 0. The summed E-state index contributed by atoms with van der Waals surface area (Å²) in [6.07, 6.45) is 6.82. The van der Waals surface area contributed by atoms with Crippen LogP contribution in [0.2, 0.25) is 0 Å². The average Bonchev–Trinajstić information content (AvgIpc) is 3.27. The van der Waals surface area contributed by atoms with Crippen LogP contribution in [0.15, 0.2) is 12.3 Å². The number of nitrogens with two attached hydrogens (primary N) is 1. The van der Waals surface area contributed by atoms with E-state index in [1.807, 2.05) is 12.3 Å². The van der Waals surface area contributed by atoms with Crippen molar-refractivity contribution < 1.29 is 0 Å². The molecule has 5 atom stereocenters. The first-order chi connectivity index (χ1) is 11.4. The van der Waals surface area contributed by atoms with Crippen molar-refractivity contribution >= 4 is 11.8 Å². The molecule has 0 amide bonds. The van der Waals surface area contributed by atoms with Gasteiger partial charge in [0.2, 0.25) is 5.95 Å². The number of anilines is 2. The summed E-state index contributed by atoms with van der Waals surface area (Å²) in [4.78, 5) is 11.5. The van der Waals surface area contributed by atoms with Crippen LogP contribution in [0.4, 0.5) is 11.8 Å². The monoisotopic (exact) mass is 329 g/mol. The van der Waals surface area contributed by atoms with Gasteiger partial charge in [-0.05, 0) is 54.9 Å². The maximum atomic E-state index is 6.03. The van der Waals surface area contributed by atoms with Gasteiger partial charge >= 0.3 is 0 Å². The van der Waals surface area contributed by atoms with Gasteiger partial charge in [-0.15, -0.1) is 0 Å². The maximum Gasteiger partial charge on any atom is 0.224 e. The van der Waals surface area contributed by atoms with Crippen LogP contribution in [0.5, 0.6) is 0 Å². The molecule has 24 heavy (non-hydrogen) atoms. The minimum atomic E-state index is 0.271. The molecule has 3 aliphatic rings. The number of nitrogens with one attached hydrogen (secondary N) is 1. The Morgan fingerprint density at radius 1 is 1.33 bits per heavy atom. The van der Waals surface area contributed by atoms with Crippen LogP contribution < -0.4 is 16.0 Å². The molecule has 1 saturated heterocycles. The minimum absolute atomic E-state index is 0.271. The van der Waals surface area contributed by atoms with E-state index in [1.54, 1.807) is 0 Å². The summed E-state index contributed by atoms with van der Waals surface area (Å²) < 4.78 is 0. The molecule has 0 aromatic carbocycles. The highest BCUT2D eigenvalue weighted by Gasteiger charge is 2.53. The Morgan fingerprint density at radius 2 is 2.17 bits per heavy atom. The van der Waals surface area contributed by atoms with Gasteiger partial charge in [-0.1, -0.05) is 20.8 Å². The summed E-state index contributed by atoms with van der Waals surface area (Å²) in [7, 11) is 0. The van der Waals surface area contributed by atoms with Gasteiger partial charge in [-0.3, -0.25) is 0 Å². The Labute approximate surface area is 145 Å². The molecule has 1 aromatic rings. The third-order valence-corrected chi connectivity index (χ3v) is 6.76. The molecular formula is C19H31N5. The van der Waals surface area contributed by atoms with Crippen molar-refractivity contribution in [2.24, 2.45) is 28.9 Å². The standard InChI is InChI=1S/C19H31N5/c1-12-14-10-15(14)19(2,3)7-4-16(12)22-18-21-8-5-17(23-18)24-9-6-13(20)11-24/h5,8,12-16H,4,6-7,9-11,20H2,1-3H3,(H,21,22,23)/t12?,13-,14?,15?,16?/m1/s1. The van der Waals surface area contributed by atoms with Crippen LogP contribution in [0.3, 0.4) is 0 Å². The normalized spacial score (nSPS) is 37.7. The Balaban J connectivity index is 1.47. The summed E-state index contributed by atoms with van der Waals surface area (Å²) in [6, 6.07) is 2.75. The summed E-state index contributed by atoms with van der Waals surface area (Å²) in [5.41, 5.74) is 6.52. The lowest BCUT2D eigenvalue weighted by atomic mass is 9.83. The number of nitrogens with zero attached hydrogens (tertiary/aromatic N) is 3. The molecule has 3 N–H and O–H groups in total. The number of hydrogen-bond donors (Lipinski definition) is 2. The Morgan fingerprint density at radius 3 is 2.92 bits per heavy atom. The highest BCUT2D eigenvalue weighted by Crippen LogP contribution is 2.59. The first kappa shape index (κ1) is 16.1. The molecule has 0 spiro atoms. The molecular weight excluding hydrogens is 298 g/mol. The zero-order chi connectivity index (χ0) is 16.9. The van der Waals surface area contributed by atoms with E-state index in [9.17, 15) is 0 Å². The predicted molar refractivity (Wildman–Crippen MR) is 98.0 cm³/mol. The fourth-order valence-electron chi connectivity index (χ4n) is 4.93. The predicted octanol–water partition coefficient (Wildman–Crippen LogP) is 2.89. The molecule has 2 saturated carbocycles. The van der Waals surface area contributed by atoms with E-state index in [-0.39, 0.29) is 6.04 Å². The zero-order valence-electron chi connectivity index (χ0n) is 15.2. The Bertz CT molecular complexity index is 601. The van der Waals surface area contributed by atoms with Gasteiger partial charge in [-0.2, -0.15) is 4.98 Å². The van der Waals surface area contributed by atoms with Crippen LogP contribution in [0.1, 0.15) is 46.5 Å². The minimum Gasteiger partial charge on any atom is -0.355 e. The van der Waals surface area contributed by atoms with Crippen LogP contribution >= 0.6 is 0 Å². The van der Waals surface area contributed by atoms with Gasteiger partial charge in [0.05, 0.1) is 0 Å². The maximum absolute atomic E-state index is 6.03. The lowest BCUT2D eigenvalue weighted by Crippen LogP contribution is -2.30. The molecule has 1 aliphatic heterocycles. The SMILES string of the molecule is CC1C(Nc2nccc(N3CC[C@@H](N)C3)n2)CCC(C)(C)C2CC12. The third kappa shape index (κ3) is 2.99. The van der Waals surface area contributed by atoms with Crippen molar-refractivity contribution in [3.05, 3.63) is 12.3 Å². The van der Waals surface area contributed by atoms with Crippen LogP contribution in [0.25, 0.3) is 0 Å². The second-order valence-electron chi connectivity index (χ2n) is 8.88. The van der Waals surface area contributed by atoms with Crippen molar-refractivity contribution in [1.82, 2.24) is 9.97 Å². The highest BCUT2D eigenvalue weighted by atomic mass is 15.3. The fourth-order valence-corrected chi connectivity index (χ4v) is 4.93. The molecule has 0 radical (unpaired) electrons. The number of fused-ring (bicyclic) bond motifs is 1. The average molecular weight is 329 g/mol. The van der Waals surface area contributed by atoms with Gasteiger partial charge in [0.15, 0.2) is 0 Å². The molecule has 2 heterocycles. The lowest BCUT2D eigenvalue weighted by Gasteiger charge is -2.26. The van der Waals surface area contributed by atoms with Crippen LogP contribution in [-0.2, 0) is 0 Å².